The maximum absolute atomic E-state index is 13.5. The zero-order valence-corrected chi connectivity index (χ0v) is 9.65. The van der Waals surface area contributed by atoms with Crippen LogP contribution in [0.15, 0.2) is 18.2 Å². The molecule has 0 N–H and O–H groups in total. The van der Waals surface area contributed by atoms with E-state index in [4.69, 9.17) is 11.6 Å². The van der Waals surface area contributed by atoms with Gasteiger partial charge in [-0.25, -0.2) is 4.39 Å². The molecule has 0 saturated heterocycles. The average Bonchev–Trinajstić information content (AvgIpc) is 2.76. The largest absolute Gasteiger partial charge is 0.275 e. The van der Waals surface area contributed by atoms with E-state index in [1.807, 2.05) is 6.92 Å². The number of halogens is 2. The van der Waals surface area contributed by atoms with Gasteiger partial charge in [0.2, 0.25) is 0 Å². The van der Waals surface area contributed by atoms with Crippen molar-refractivity contribution in [3.63, 3.8) is 0 Å². The van der Waals surface area contributed by atoms with E-state index in [2.05, 4.69) is 15.4 Å². The minimum atomic E-state index is -0.838. The molecule has 0 amide bonds. The Hall–Kier alpha value is -1.82. The van der Waals surface area contributed by atoms with Gasteiger partial charge in [0, 0.05) is 12.5 Å². The Kier molecular flexibility index (Phi) is 3.14. The van der Waals surface area contributed by atoms with E-state index in [0.717, 1.165) is 6.07 Å². The first kappa shape index (κ1) is 11.7. The molecular weight excluding hydrogens is 247 g/mol. The van der Waals surface area contributed by atoms with Crippen molar-refractivity contribution in [1.29, 1.82) is 0 Å². The maximum atomic E-state index is 13.5. The molecule has 0 aliphatic carbocycles. The standard InChI is InChI=1S/C10H8ClFN4O/c1-2-9-13-15-16(14-9)6-3-4-7(10(11)17)8(12)5-6/h3-5H,2H2,1H3. The summed E-state index contributed by atoms with van der Waals surface area (Å²) in [5, 5.41) is 10.7. The van der Waals surface area contributed by atoms with E-state index in [1.54, 1.807) is 0 Å². The van der Waals surface area contributed by atoms with Gasteiger partial charge in [0.05, 0.1) is 11.3 Å². The van der Waals surface area contributed by atoms with Crippen LogP contribution in [0, 0.1) is 5.82 Å². The van der Waals surface area contributed by atoms with E-state index in [0.29, 0.717) is 17.9 Å². The second kappa shape index (κ2) is 4.58. The molecule has 2 aromatic rings. The highest BCUT2D eigenvalue weighted by molar-refractivity contribution is 6.67. The molecule has 0 aliphatic rings. The lowest BCUT2D eigenvalue weighted by Crippen LogP contribution is -2.02. The molecular formula is C10H8ClFN4O. The third-order valence-electron chi connectivity index (χ3n) is 2.17. The van der Waals surface area contributed by atoms with Gasteiger partial charge in [-0.05, 0) is 28.9 Å². The highest BCUT2D eigenvalue weighted by Gasteiger charge is 2.11. The number of carbonyl (C=O) groups is 1. The molecule has 1 aromatic carbocycles. The van der Waals surface area contributed by atoms with Crippen molar-refractivity contribution >= 4 is 16.8 Å². The first-order chi connectivity index (χ1) is 8.11. The molecule has 17 heavy (non-hydrogen) atoms. The summed E-state index contributed by atoms with van der Waals surface area (Å²) in [6.45, 7) is 1.89. The number of aromatic nitrogens is 4. The van der Waals surface area contributed by atoms with Crippen LogP contribution in [0.25, 0.3) is 5.69 Å². The topological polar surface area (TPSA) is 60.7 Å². The number of nitrogens with zero attached hydrogens (tertiary/aromatic N) is 4. The first-order valence-electron chi connectivity index (χ1n) is 4.90. The summed E-state index contributed by atoms with van der Waals surface area (Å²) in [7, 11) is 0. The van der Waals surface area contributed by atoms with Crippen LogP contribution in [0.1, 0.15) is 23.1 Å². The molecule has 0 unspecified atom stereocenters. The molecule has 0 atom stereocenters. The lowest BCUT2D eigenvalue weighted by molar-refractivity contribution is 0.107. The zero-order valence-electron chi connectivity index (χ0n) is 8.89. The van der Waals surface area contributed by atoms with E-state index in [-0.39, 0.29) is 5.56 Å². The maximum Gasteiger partial charge on any atom is 0.255 e. The van der Waals surface area contributed by atoms with Crippen LogP contribution in [0.2, 0.25) is 0 Å². The Bertz CT molecular complexity index is 569. The van der Waals surface area contributed by atoms with Crippen molar-refractivity contribution in [3.8, 4) is 5.69 Å². The van der Waals surface area contributed by atoms with Gasteiger partial charge in [-0.15, -0.1) is 15.0 Å². The number of tetrazole rings is 1. The molecule has 7 heteroatoms. The Balaban J connectivity index is 2.40. The second-order valence-corrected chi connectivity index (χ2v) is 3.63. The van der Waals surface area contributed by atoms with Crippen LogP contribution in [-0.4, -0.2) is 25.4 Å². The minimum Gasteiger partial charge on any atom is -0.275 e. The smallest absolute Gasteiger partial charge is 0.255 e. The molecule has 0 aliphatic heterocycles. The summed E-state index contributed by atoms with van der Waals surface area (Å²) in [6.07, 6.45) is 0.640. The number of hydrogen-bond donors (Lipinski definition) is 0. The van der Waals surface area contributed by atoms with Crippen LogP contribution in [0.3, 0.4) is 0 Å². The molecule has 5 nitrogen and oxygen atoms in total. The predicted octanol–water partition coefficient (Wildman–Crippen LogP) is 1.74. The third kappa shape index (κ3) is 2.31. The fourth-order valence-electron chi connectivity index (χ4n) is 1.28. The normalized spacial score (nSPS) is 10.5. The van der Waals surface area contributed by atoms with E-state index >= 15 is 0 Å². The quantitative estimate of drug-likeness (QED) is 0.783. The summed E-state index contributed by atoms with van der Waals surface area (Å²) < 4.78 is 13.5. The van der Waals surface area contributed by atoms with Gasteiger partial charge in [-0.3, -0.25) is 4.79 Å². The van der Waals surface area contributed by atoms with Gasteiger partial charge in [0.15, 0.2) is 5.82 Å². The Morgan fingerprint density at radius 2 is 2.29 bits per heavy atom. The number of rotatable bonds is 3. The summed E-state index contributed by atoms with van der Waals surface area (Å²) in [6, 6.07) is 3.92. The van der Waals surface area contributed by atoms with E-state index in [1.165, 1.54) is 16.9 Å². The second-order valence-electron chi connectivity index (χ2n) is 3.29. The molecule has 2 rings (SSSR count). The van der Waals surface area contributed by atoms with E-state index < -0.39 is 11.1 Å². The summed E-state index contributed by atoms with van der Waals surface area (Å²) in [5.74, 6) is -0.152. The van der Waals surface area contributed by atoms with Crippen molar-refractivity contribution < 1.29 is 9.18 Å². The molecule has 0 saturated carbocycles. The van der Waals surface area contributed by atoms with Gasteiger partial charge < -0.3 is 0 Å². The van der Waals surface area contributed by atoms with Crippen molar-refractivity contribution in [1.82, 2.24) is 20.2 Å². The SMILES string of the molecule is CCc1nnn(-c2ccc(C(=O)Cl)c(F)c2)n1. The van der Waals surface area contributed by atoms with Crippen LogP contribution < -0.4 is 0 Å². The van der Waals surface area contributed by atoms with Gasteiger partial charge in [0.1, 0.15) is 5.82 Å². The third-order valence-corrected chi connectivity index (χ3v) is 2.37. The fraction of sp³-hybridized carbons (Fsp3) is 0.200. The van der Waals surface area contributed by atoms with Crippen molar-refractivity contribution in [2.45, 2.75) is 13.3 Å². The molecule has 1 aromatic heterocycles. The van der Waals surface area contributed by atoms with E-state index in [9.17, 15) is 9.18 Å². The average molecular weight is 255 g/mol. The molecule has 0 radical (unpaired) electrons. The van der Waals surface area contributed by atoms with Crippen molar-refractivity contribution in [2.24, 2.45) is 0 Å². The zero-order chi connectivity index (χ0) is 12.4. The number of hydrogen-bond acceptors (Lipinski definition) is 4. The number of carbonyl (C=O) groups excluding carboxylic acids is 1. The van der Waals surface area contributed by atoms with Gasteiger partial charge in [0.25, 0.3) is 5.24 Å². The Morgan fingerprint density at radius 1 is 1.53 bits per heavy atom. The summed E-state index contributed by atoms with van der Waals surface area (Å²) in [5.41, 5.74) is 0.211. The minimum absolute atomic E-state index is 0.175. The lowest BCUT2D eigenvalue weighted by Gasteiger charge is -2.01. The summed E-state index contributed by atoms with van der Waals surface area (Å²) in [4.78, 5) is 12.0. The number of aryl methyl sites for hydroxylation is 1. The Morgan fingerprint density at radius 3 is 2.82 bits per heavy atom. The lowest BCUT2D eigenvalue weighted by atomic mass is 10.2. The fourth-order valence-corrected chi connectivity index (χ4v) is 1.44. The van der Waals surface area contributed by atoms with Gasteiger partial charge >= 0.3 is 0 Å². The predicted molar refractivity (Wildman–Crippen MR) is 58.7 cm³/mol. The molecule has 0 bridgehead atoms. The van der Waals surface area contributed by atoms with Crippen LogP contribution in [-0.2, 0) is 6.42 Å². The highest BCUT2D eigenvalue weighted by atomic mass is 35.5. The first-order valence-corrected chi connectivity index (χ1v) is 5.28. The van der Waals surface area contributed by atoms with Crippen LogP contribution in [0.4, 0.5) is 4.39 Å². The van der Waals surface area contributed by atoms with Crippen LogP contribution in [0.5, 0.6) is 0 Å². The molecule has 0 fully saturated rings. The van der Waals surface area contributed by atoms with Crippen LogP contribution >= 0.6 is 11.6 Å². The molecule has 1 heterocycles. The van der Waals surface area contributed by atoms with Crippen molar-refractivity contribution in [2.75, 3.05) is 0 Å². The highest BCUT2D eigenvalue weighted by Crippen LogP contribution is 2.14. The number of benzene rings is 1. The Labute approximate surface area is 101 Å². The monoisotopic (exact) mass is 254 g/mol. The summed E-state index contributed by atoms with van der Waals surface area (Å²) >= 11 is 5.20. The van der Waals surface area contributed by atoms with Crippen molar-refractivity contribution in [3.05, 3.63) is 35.4 Å². The molecule has 0 spiro atoms. The molecule has 88 valence electrons. The van der Waals surface area contributed by atoms with Gasteiger partial charge in [-0.1, -0.05) is 6.92 Å². The van der Waals surface area contributed by atoms with Gasteiger partial charge in [-0.2, -0.15) is 0 Å².